The van der Waals surface area contributed by atoms with Crippen LogP contribution in [-0.2, 0) is 5.92 Å². The summed E-state index contributed by atoms with van der Waals surface area (Å²) in [5.74, 6) is -3.87. The number of carbonyl (C=O) groups excluding carboxylic acids is 1. The number of amides is 1. The number of halogens is 3. The fourth-order valence-electron chi connectivity index (χ4n) is 2.71. The molecule has 2 aromatic heterocycles. The Hall–Kier alpha value is -2.48. The van der Waals surface area contributed by atoms with Gasteiger partial charge in [0.15, 0.2) is 5.65 Å². The first-order valence-electron chi connectivity index (χ1n) is 7.78. The molecule has 5 nitrogen and oxygen atoms in total. The second-order valence-corrected chi connectivity index (χ2v) is 6.77. The summed E-state index contributed by atoms with van der Waals surface area (Å²) in [7, 11) is 0. The quantitative estimate of drug-likeness (QED) is 0.694. The Morgan fingerprint density at radius 1 is 1.19 bits per heavy atom. The molecule has 2 heterocycles. The summed E-state index contributed by atoms with van der Waals surface area (Å²) in [6.45, 7) is 2.64. The molecule has 26 heavy (non-hydrogen) atoms. The second-order valence-electron chi connectivity index (χ2n) is 5.92. The lowest BCUT2D eigenvalue weighted by Gasteiger charge is -2.20. The minimum Gasteiger partial charge on any atom is -0.345 e. The van der Waals surface area contributed by atoms with Crippen LogP contribution in [0.3, 0.4) is 0 Å². The fourth-order valence-corrected chi connectivity index (χ4v) is 3.18. The molecule has 1 aromatic carbocycles. The number of rotatable bonds is 4. The largest absolute Gasteiger partial charge is 0.345 e. The van der Waals surface area contributed by atoms with E-state index in [1.807, 2.05) is 6.92 Å². The zero-order chi connectivity index (χ0) is 18.9. The van der Waals surface area contributed by atoms with Gasteiger partial charge in [0.2, 0.25) is 0 Å². The van der Waals surface area contributed by atoms with Gasteiger partial charge < -0.3 is 5.32 Å². The minimum absolute atomic E-state index is 0.109. The lowest BCUT2D eigenvalue weighted by molar-refractivity contribution is -0.00306. The summed E-state index contributed by atoms with van der Waals surface area (Å²) in [5, 5.41) is 2.30. The SMILES string of the molecule is Cc1ccc(C(F)(F)CNC(=O)c2c(Br)cnc3nccnc23)c(C)c1. The average Bonchev–Trinajstić information content (AvgIpc) is 2.59. The lowest BCUT2D eigenvalue weighted by atomic mass is 10.00. The van der Waals surface area contributed by atoms with E-state index >= 15 is 0 Å². The molecule has 1 amide bonds. The van der Waals surface area contributed by atoms with E-state index in [9.17, 15) is 13.6 Å². The van der Waals surface area contributed by atoms with E-state index in [2.05, 4.69) is 36.2 Å². The Morgan fingerprint density at radius 3 is 2.65 bits per heavy atom. The van der Waals surface area contributed by atoms with Crippen molar-refractivity contribution in [3.05, 3.63) is 63.5 Å². The van der Waals surface area contributed by atoms with Crippen molar-refractivity contribution in [1.82, 2.24) is 20.3 Å². The molecule has 8 heteroatoms. The summed E-state index contributed by atoms with van der Waals surface area (Å²) in [4.78, 5) is 24.7. The first-order valence-corrected chi connectivity index (χ1v) is 8.58. The number of carbonyl (C=O) groups is 1. The van der Waals surface area contributed by atoms with Crippen molar-refractivity contribution in [1.29, 1.82) is 0 Å². The van der Waals surface area contributed by atoms with Crippen LogP contribution in [0.15, 0.2) is 41.3 Å². The van der Waals surface area contributed by atoms with Crippen LogP contribution in [0, 0.1) is 13.8 Å². The van der Waals surface area contributed by atoms with Gasteiger partial charge in [-0.1, -0.05) is 23.8 Å². The molecule has 0 aliphatic rings. The molecule has 0 radical (unpaired) electrons. The van der Waals surface area contributed by atoms with E-state index in [1.54, 1.807) is 19.1 Å². The molecule has 0 aliphatic carbocycles. The van der Waals surface area contributed by atoms with E-state index < -0.39 is 18.4 Å². The molecule has 0 spiro atoms. The maximum absolute atomic E-state index is 14.6. The number of pyridine rings is 1. The van der Waals surface area contributed by atoms with Crippen LogP contribution < -0.4 is 5.32 Å². The van der Waals surface area contributed by atoms with Gasteiger partial charge in [0.25, 0.3) is 11.8 Å². The Kier molecular flexibility index (Phi) is 4.95. The zero-order valence-corrected chi connectivity index (χ0v) is 15.6. The summed E-state index contributed by atoms with van der Waals surface area (Å²) < 4.78 is 29.5. The molecule has 3 rings (SSSR count). The van der Waals surface area contributed by atoms with Crippen molar-refractivity contribution in [3.8, 4) is 0 Å². The molecule has 134 valence electrons. The molecular weight excluding hydrogens is 406 g/mol. The smallest absolute Gasteiger partial charge is 0.290 e. The number of fused-ring (bicyclic) bond motifs is 1. The molecule has 3 aromatic rings. The predicted molar refractivity (Wildman–Crippen MR) is 97.2 cm³/mol. The monoisotopic (exact) mass is 420 g/mol. The van der Waals surface area contributed by atoms with Gasteiger partial charge >= 0.3 is 0 Å². The molecule has 0 fully saturated rings. The van der Waals surface area contributed by atoms with Crippen molar-refractivity contribution < 1.29 is 13.6 Å². The highest BCUT2D eigenvalue weighted by molar-refractivity contribution is 9.10. The van der Waals surface area contributed by atoms with Crippen LogP contribution in [0.5, 0.6) is 0 Å². The van der Waals surface area contributed by atoms with Gasteiger partial charge in [-0.05, 0) is 35.3 Å². The van der Waals surface area contributed by atoms with E-state index in [0.717, 1.165) is 5.56 Å². The summed E-state index contributed by atoms with van der Waals surface area (Å²) in [6.07, 6.45) is 4.25. The van der Waals surface area contributed by atoms with Crippen molar-refractivity contribution in [2.45, 2.75) is 19.8 Å². The Balaban J connectivity index is 1.86. The lowest BCUT2D eigenvalue weighted by Crippen LogP contribution is -2.35. The third-order valence-electron chi connectivity index (χ3n) is 3.93. The van der Waals surface area contributed by atoms with Crippen molar-refractivity contribution in [2.24, 2.45) is 0 Å². The van der Waals surface area contributed by atoms with E-state index in [-0.39, 0.29) is 22.3 Å². The molecule has 0 saturated carbocycles. The van der Waals surface area contributed by atoms with Crippen LogP contribution in [0.25, 0.3) is 11.2 Å². The Bertz CT molecular complexity index is 994. The molecular formula is C18H15BrF2N4O. The van der Waals surface area contributed by atoms with Gasteiger partial charge in [0.1, 0.15) is 5.52 Å². The van der Waals surface area contributed by atoms with Crippen LogP contribution >= 0.6 is 15.9 Å². The highest BCUT2D eigenvalue weighted by Gasteiger charge is 2.34. The normalized spacial score (nSPS) is 11.6. The van der Waals surface area contributed by atoms with Gasteiger partial charge in [0.05, 0.1) is 16.6 Å². The molecule has 0 saturated heterocycles. The van der Waals surface area contributed by atoms with Crippen molar-refractivity contribution in [2.75, 3.05) is 6.54 Å². The summed E-state index contributed by atoms with van der Waals surface area (Å²) >= 11 is 3.22. The number of hydrogen-bond donors (Lipinski definition) is 1. The van der Waals surface area contributed by atoms with Gasteiger partial charge in [-0.2, -0.15) is 8.78 Å². The third kappa shape index (κ3) is 3.55. The van der Waals surface area contributed by atoms with Gasteiger partial charge in [-0.15, -0.1) is 0 Å². The molecule has 0 bridgehead atoms. The van der Waals surface area contributed by atoms with Crippen LogP contribution in [0.4, 0.5) is 8.78 Å². The number of alkyl halides is 2. The van der Waals surface area contributed by atoms with Gasteiger partial charge in [-0.3, -0.25) is 9.78 Å². The van der Waals surface area contributed by atoms with E-state index in [4.69, 9.17) is 0 Å². The number of benzene rings is 1. The van der Waals surface area contributed by atoms with Crippen molar-refractivity contribution in [3.63, 3.8) is 0 Å². The standard InChI is InChI=1S/C18H15BrF2N4O/c1-10-3-4-12(11(2)7-10)18(20,21)9-25-17(26)14-13(19)8-24-16-15(14)22-5-6-23-16/h3-8H,9H2,1-2H3,(H,25,26). The second kappa shape index (κ2) is 7.03. The predicted octanol–water partition coefficient (Wildman–Crippen LogP) is 3.93. The third-order valence-corrected chi connectivity index (χ3v) is 4.53. The van der Waals surface area contributed by atoms with Crippen molar-refractivity contribution >= 4 is 33.0 Å². The number of nitrogens with zero attached hydrogens (tertiary/aromatic N) is 3. The van der Waals surface area contributed by atoms with Gasteiger partial charge in [-0.25, -0.2) is 9.97 Å². The maximum atomic E-state index is 14.6. The topological polar surface area (TPSA) is 67.8 Å². The average molecular weight is 421 g/mol. The highest BCUT2D eigenvalue weighted by atomic mass is 79.9. The van der Waals surface area contributed by atoms with Crippen LogP contribution in [-0.4, -0.2) is 27.4 Å². The number of aromatic nitrogens is 3. The highest BCUT2D eigenvalue weighted by Crippen LogP contribution is 2.30. The molecule has 0 atom stereocenters. The zero-order valence-electron chi connectivity index (χ0n) is 14.1. The molecule has 0 aliphatic heterocycles. The van der Waals surface area contributed by atoms with E-state index in [1.165, 1.54) is 24.7 Å². The van der Waals surface area contributed by atoms with E-state index in [0.29, 0.717) is 10.0 Å². The molecule has 1 N–H and O–H groups in total. The Morgan fingerprint density at radius 2 is 1.92 bits per heavy atom. The number of hydrogen-bond acceptors (Lipinski definition) is 4. The summed E-state index contributed by atoms with van der Waals surface area (Å²) in [6, 6.07) is 4.70. The van der Waals surface area contributed by atoms with Gasteiger partial charge in [0, 0.05) is 24.2 Å². The molecule has 0 unspecified atom stereocenters. The number of aryl methyl sites for hydroxylation is 2. The fraction of sp³-hybridized carbons (Fsp3) is 0.222. The first kappa shape index (κ1) is 18.3. The Labute approximate surface area is 157 Å². The number of nitrogens with one attached hydrogen (secondary N) is 1. The van der Waals surface area contributed by atoms with Crippen LogP contribution in [0.2, 0.25) is 0 Å². The minimum atomic E-state index is -3.20. The first-order chi connectivity index (χ1) is 12.3. The van der Waals surface area contributed by atoms with Crippen LogP contribution in [0.1, 0.15) is 27.0 Å². The maximum Gasteiger partial charge on any atom is 0.290 e. The summed E-state index contributed by atoms with van der Waals surface area (Å²) in [5.41, 5.74) is 1.90.